The van der Waals surface area contributed by atoms with Gasteiger partial charge in [-0.3, -0.25) is 9.69 Å². The SMILES string of the molecule is O=C(Cc1ccccc1)N(CC1CCCO1)c1nc2ccc(Cl)cc2s1. The van der Waals surface area contributed by atoms with Crippen molar-refractivity contribution in [2.75, 3.05) is 18.1 Å². The van der Waals surface area contributed by atoms with Crippen LogP contribution < -0.4 is 4.90 Å². The first-order chi connectivity index (χ1) is 12.7. The molecule has 2 aromatic carbocycles. The summed E-state index contributed by atoms with van der Waals surface area (Å²) >= 11 is 7.59. The van der Waals surface area contributed by atoms with Gasteiger partial charge in [-0.05, 0) is 36.6 Å². The predicted octanol–water partition coefficient (Wildman–Crippen LogP) is 4.70. The van der Waals surface area contributed by atoms with Crippen LogP contribution in [-0.4, -0.2) is 30.1 Å². The highest BCUT2D eigenvalue weighted by atomic mass is 35.5. The van der Waals surface area contributed by atoms with E-state index in [-0.39, 0.29) is 12.0 Å². The fourth-order valence-corrected chi connectivity index (χ4v) is 4.41. The van der Waals surface area contributed by atoms with E-state index < -0.39 is 0 Å². The molecule has 2 heterocycles. The molecule has 0 bridgehead atoms. The van der Waals surface area contributed by atoms with Gasteiger partial charge in [-0.2, -0.15) is 0 Å². The van der Waals surface area contributed by atoms with Gasteiger partial charge in [0.25, 0.3) is 0 Å². The second-order valence-electron chi connectivity index (χ2n) is 6.41. The highest BCUT2D eigenvalue weighted by Gasteiger charge is 2.26. The van der Waals surface area contributed by atoms with E-state index in [1.165, 1.54) is 11.3 Å². The molecule has 0 saturated carbocycles. The second kappa shape index (κ2) is 7.74. The Labute approximate surface area is 161 Å². The van der Waals surface area contributed by atoms with E-state index in [1.54, 1.807) is 4.90 Å². The van der Waals surface area contributed by atoms with Gasteiger partial charge in [0.1, 0.15) is 0 Å². The lowest BCUT2D eigenvalue weighted by Crippen LogP contribution is -2.38. The van der Waals surface area contributed by atoms with Crippen molar-refractivity contribution in [2.45, 2.75) is 25.4 Å². The van der Waals surface area contributed by atoms with Crippen LogP contribution >= 0.6 is 22.9 Å². The van der Waals surface area contributed by atoms with Gasteiger partial charge in [0.2, 0.25) is 5.91 Å². The number of rotatable bonds is 5. The van der Waals surface area contributed by atoms with Gasteiger partial charge in [-0.1, -0.05) is 53.3 Å². The zero-order chi connectivity index (χ0) is 17.9. The van der Waals surface area contributed by atoms with Crippen LogP contribution in [0.4, 0.5) is 5.13 Å². The molecular formula is C20H19ClN2O2S. The third-order valence-electron chi connectivity index (χ3n) is 4.48. The Morgan fingerprint density at radius 2 is 2.12 bits per heavy atom. The summed E-state index contributed by atoms with van der Waals surface area (Å²) in [7, 11) is 0. The van der Waals surface area contributed by atoms with Gasteiger partial charge in [0.05, 0.1) is 29.3 Å². The number of carbonyl (C=O) groups is 1. The molecule has 1 amide bonds. The van der Waals surface area contributed by atoms with E-state index in [0.717, 1.165) is 35.2 Å². The number of halogens is 1. The van der Waals surface area contributed by atoms with E-state index >= 15 is 0 Å². The molecule has 1 fully saturated rings. The zero-order valence-corrected chi connectivity index (χ0v) is 15.8. The summed E-state index contributed by atoms with van der Waals surface area (Å²) < 4.78 is 6.74. The average molecular weight is 387 g/mol. The van der Waals surface area contributed by atoms with Crippen LogP contribution in [0.2, 0.25) is 5.02 Å². The number of hydrogen-bond acceptors (Lipinski definition) is 4. The number of ether oxygens (including phenoxy) is 1. The molecule has 0 N–H and O–H groups in total. The molecule has 1 aromatic heterocycles. The summed E-state index contributed by atoms with van der Waals surface area (Å²) in [5.74, 6) is 0.0388. The van der Waals surface area contributed by atoms with Crippen LogP contribution in [0, 0.1) is 0 Å². The van der Waals surface area contributed by atoms with E-state index in [0.29, 0.717) is 23.1 Å². The van der Waals surface area contributed by atoms with Gasteiger partial charge in [0, 0.05) is 11.6 Å². The van der Waals surface area contributed by atoms with Crippen LogP contribution in [0.15, 0.2) is 48.5 Å². The summed E-state index contributed by atoms with van der Waals surface area (Å²) in [5, 5.41) is 1.38. The molecule has 1 aliphatic rings. The minimum atomic E-state index is 0.0388. The van der Waals surface area contributed by atoms with Crippen molar-refractivity contribution in [3.05, 3.63) is 59.1 Å². The molecule has 4 nitrogen and oxygen atoms in total. The van der Waals surface area contributed by atoms with E-state index in [9.17, 15) is 4.79 Å². The van der Waals surface area contributed by atoms with Gasteiger partial charge in [-0.15, -0.1) is 0 Å². The largest absolute Gasteiger partial charge is 0.376 e. The molecule has 1 saturated heterocycles. The quantitative estimate of drug-likeness (QED) is 0.638. The van der Waals surface area contributed by atoms with Crippen LogP contribution in [0.1, 0.15) is 18.4 Å². The van der Waals surface area contributed by atoms with Crippen molar-refractivity contribution in [2.24, 2.45) is 0 Å². The van der Waals surface area contributed by atoms with Crippen molar-refractivity contribution in [3.63, 3.8) is 0 Å². The van der Waals surface area contributed by atoms with Crippen LogP contribution in [0.5, 0.6) is 0 Å². The zero-order valence-electron chi connectivity index (χ0n) is 14.2. The van der Waals surface area contributed by atoms with Crippen molar-refractivity contribution in [3.8, 4) is 0 Å². The lowest BCUT2D eigenvalue weighted by Gasteiger charge is -2.23. The maximum absolute atomic E-state index is 13.1. The van der Waals surface area contributed by atoms with Crippen molar-refractivity contribution >= 4 is 44.2 Å². The first-order valence-corrected chi connectivity index (χ1v) is 9.90. The van der Waals surface area contributed by atoms with Gasteiger partial charge in [-0.25, -0.2) is 4.98 Å². The summed E-state index contributed by atoms with van der Waals surface area (Å²) in [6.07, 6.45) is 2.45. The van der Waals surface area contributed by atoms with Crippen molar-refractivity contribution in [1.82, 2.24) is 4.98 Å². The Morgan fingerprint density at radius 3 is 2.88 bits per heavy atom. The molecule has 4 rings (SSSR count). The Hall–Kier alpha value is -1.95. The molecule has 26 heavy (non-hydrogen) atoms. The number of amides is 1. The molecule has 3 aromatic rings. The standard InChI is InChI=1S/C20H19ClN2O2S/c21-15-8-9-17-18(12-15)26-20(22-17)23(13-16-7-4-10-25-16)19(24)11-14-5-2-1-3-6-14/h1-3,5-6,8-9,12,16H,4,7,10-11,13H2. The molecule has 6 heteroatoms. The fraction of sp³-hybridized carbons (Fsp3) is 0.300. The van der Waals surface area contributed by atoms with Crippen LogP contribution in [0.3, 0.4) is 0 Å². The Kier molecular flexibility index (Phi) is 5.20. The minimum absolute atomic E-state index is 0.0388. The lowest BCUT2D eigenvalue weighted by molar-refractivity contribution is -0.118. The van der Waals surface area contributed by atoms with E-state index in [4.69, 9.17) is 16.3 Å². The predicted molar refractivity (Wildman–Crippen MR) is 106 cm³/mol. The molecule has 0 aliphatic carbocycles. The van der Waals surface area contributed by atoms with E-state index in [2.05, 4.69) is 4.98 Å². The summed E-state index contributed by atoms with van der Waals surface area (Å²) in [6.45, 7) is 1.31. The number of nitrogens with zero attached hydrogens (tertiary/aromatic N) is 2. The lowest BCUT2D eigenvalue weighted by atomic mass is 10.1. The summed E-state index contributed by atoms with van der Waals surface area (Å²) in [4.78, 5) is 19.5. The number of hydrogen-bond donors (Lipinski definition) is 0. The van der Waals surface area contributed by atoms with Gasteiger partial charge in [0.15, 0.2) is 5.13 Å². The summed E-state index contributed by atoms with van der Waals surface area (Å²) in [5.41, 5.74) is 1.86. The molecule has 0 radical (unpaired) electrons. The maximum Gasteiger partial charge on any atom is 0.233 e. The Balaban J connectivity index is 1.63. The number of anilines is 1. The van der Waals surface area contributed by atoms with Crippen LogP contribution in [-0.2, 0) is 16.0 Å². The molecule has 1 unspecified atom stereocenters. The van der Waals surface area contributed by atoms with Gasteiger partial charge >= 0.3 is 0 Å². The van der Waals surface area contributed by atoms with E-state index in [1.807, 2.05) is 48.5 Å². The first kappa shape index (κ1) is 17.5. The van der Waals surface area contributed by atoms with Crippen molar-refractivity contribution in [1.29, 1.82) is 0 Å². The average Bonchev–Trinajstić information content (AvgIpc) is 3.29. The smallest absolute Gasteiger partial charge is 0.233 e. The molecule has 134 valence electrons. The normalized spacial score (nSPS) is 16.9. The number of fused-ring (bicyclic) bond motifs is 1. The molecule has 1 aliphatic heterocycles. The number of carbonyl (C=O) groups excluding carboxylic acids is 1. The monoisotopic (exact) mass is 386 g/mol. The third kappa shape index (κ3) is 3.90. The highest BCUT2D eigenvalue weighted by Crippen LogP contribution is 2.32. The number of thiazole rings is 1. The molecular weight excluding hydrogens is 368 g/mol. The van der Waals surface area contributed by atoms with Gasteiger partial charge < -0.3 is 4.74 Å². The maximum atomic E-state index is 13.1. The number of aromatic nitrogens is 1. The highest BCUT2D eigenvalue weighted by molar-refractivity contribution is 7.22. The molecule has 1 atom stereocenters. The third-order valence-corrected chi connectivity index (χ3v) is 5.76. The Bertz CT molecular complexity index is 907. The van der Waals surface area contributed by atoms with Crippen LogP contribution in [0.25, 0.3) is 10.2 Å². The topological polar surface area (TPSA) is 42.4 Å². The minimum Gasteiger partial charge on any atom is -0.376 e. The fourth-order valence-electron chi connectivity index (χ4n) is 3.15. The Morgan fingerprint density at radius 1 is 1.27 bits per heavy atom. The molecule has 0 spiro atoms. The summed E-state index contributed by atoms with van der Waals surface area (Å²) in [6, 6.07) is 15.4. The first-order valence-electron chi connectivity index (χ1n) is 8.71. The second-order valence-corrected chi connectivity index (χ2v) is 7.86. The van der Waals surface area contributed by atoms with Crippen molar-refractivity contribution < 1.29 is 9.53 Å². The number of benzene rings is 2.